The van der Waals surface area contributed by atoms with E-state index in [1.807, 2.05) is 0 Å². The van der Waals surface area contributed by atoms with Crippen LogP contribution < -0.4 is 26.6 Å². The van der Waals surface area contributed by atoms with E-state index in [0.717, 1.165) is 18.2 Å². The highest BCUT2D eigenvalue weighted by atomic mass is 35.5. The lowest BCUT2D eigenvalue weighted by atomic mass is 10.3. The van der Waals surface area contributed by atoms with Gasteiger partial charge in [0, 0.05) is 16.8 Å². The minimum Gasteiger partial charge on any atom is -0.352 e. The molecule has 0 radical (unpaired) electrons. The number of anilines is 2. The van der Waals surface area contributed by atoms with Crippen LogP contribution in [0.3, 0.4) is 0 Å². The van der Waals surface area contributed by atoms with Gasteiger partial charge in [0.05, 0.1) is 9.82 Å². The number of amides is 3. The van der Waals surface area contributed by atoms with E-state index < -0.39 is 38.6 Å². The number of nitro benzene ring substituents is 1. The summed E-state index contributed by atoms with van der Waals surface area (Å²) in [5.74, 6) is -0.732. The molecule has 3 amide bonds. The standard InChI is InChI=1S/C16H17ClN6O6S/c1-9(19-16(18)25)15(24)21-20-13-7-6-12(8-14(13)23(26)27)30(28,29)22-11-4-2-10(17)3-5-11/h2-9,20,22H,1H3,(H,21,24)(H3,18,19,25)/t9-/m1/s1. The molecule has 0 fully saturated rings. The van der Waals surface area contributed by atoms with Crippen LogP contribution in [0.5, 0.6) is 0 Å². The second-order valence-electron chi connectivity index (χ2n) is 5.89. The smallest absolute Gasteiger partial charge is 0.312 e. The lowest BCUT2D eigenvalue weighted by molar-refractivity contribution is -0.384. The minimum absolute atomic E-state index is 0.176. The number of sulfonamides is 1. The number of nitro groups is 1. The van der Waals surface area contributed by atoms with Crippen LogP contribution in [0.2, 0.25) is 5.02 Å². The van der Waals surface area contributed by atoms with Crippen molar-refractivity contribution in [2.24, 2.45) is 5.73 Å². The number of nitrogens with two attached hydrogens (primary N) is 1. The van der Waals surface area contributed by atoms with Crippen LogP contribution in [0, 0.1) is 10.1 Å². The molecule has 0 saturated heterocycles. The Labute approximate surface area is 175 Å². The van der Waals surface area contributed by atoms with E-state index in [1.165, 1.54) is 31.2 Å². The summed E-state index contributed by atoms with van der Waals surface area (Å²) in [7, 11) is -4.13. The first-order valence-corrected chi connectivity index (χ1v) is 10.0. The van der Waals surface area contributed by atoms with Crippen LogP contribution in [0.4, 0.5) is 21.9 Å². The first-order chi connectivity index (χ1) is 14.0. The van der Waals surface area contributed by atoms with Gasteiger partial charge in [-0.3, -0.25) is 30.5 Å². The fraction of sp³-hybridized carbons (Fsp3) is 0.125. The van der Waals surface area contributed by atoms with Gasteiger partial charge in [-0.25, -0.2) is 13.2 Å². The van der Waals surface area contributed by atoms with Crippen molar-refractivity contribution in [1.29, 1.82) is 0 Å². The number of benzene rings is 2. The Morgan fingerprint density at radius 1 is 1.17 bits per heavy atom. The van der Waals surface area contributed by atoms with E-state index in [1.54, 1.807) is 0 Å². The molecule has 12 nitrogen and oxygen atoms in total. The highest BCUT2D eigenvalue weighted by Gasteiger charge is 2.22. The number of hydrogen-bond donors (Lipinski definition) is 5. The van der Waals surface area contributed by atoms with Crippen LogP contribution in [0.1, 0.15) is 6.92 Å². The van der Waals surface area contributed by atoms with E-state index in [4.69, 9.17) is 17.3 Å². The van der Waals surface area contributed by atoms with E-state index in [9.17, 15) is 28.1 Å². The minimum atomic E-state index is -4.13. The highest BCUT2D eigenvalue weighted by molar-refractivity contribution is 7.92. The number of rotatable bonds is 8. The summed E-state index contributed by atoms with van der Waals surface area (Å²) in [6.07, 6.45) is 0. The van der Waals surface area contributed by atoms with Crippen molar-refractivity contribution in [1.82, 2.24) is 10.7 Å². The maximum Gasteiger partial charge on any atom is 0.312 e. The SMILES string of the molecule is C[C@@H](NC(N)=O)C(=O)NNc1ccc(S(=O)(=O)Nc2ccc(Cl)cc2)cc1[N+](=O)[O-]. The van der Waals surface area contributed by atoms with Gasteiger partial charge in [0.1, 0.15) is 11.7 Å². The Morgan fingerprint density at radius 2 is 1.80 bits per heavy atom. The van der Waals surface area contributed by atoms with E-state index >= 15 is 0 Å². The summed E-state index contributed by atoms with van der Waals surface area (Å²) in [6.45, 7) is 1.34. The van der Waals surface area contributed by atoms with Crippen LogP contribution >= 0.6 is 11.6 Å². The Hall–Kier alpha value is -3.58. The average Bonchev–Trinajstić information content (AvgIpc) is 2.66. The highest BCUT2D eigenvalue weighted by Crippen LogP contribution is 2.28. The molecule has 0 bridgehead atoms. The molecule has 2 aromatic carbocycles. The molecule has 0 unspecified atom stereocenters. The third kappa shape index (κ3) is 5.96. The molecule has 14 heteroatoms. The number of hydrazine groups is 1. The number of nitrogens with zero attached hydrogens (tertiary/aromatic N) is 1. The molecule has 2 rings (SSSR count). The van der Waals surface area contributed by atoms with E-state index in [2.05, 4.69) is 20.9 Å². The van der Waals surface area contributed by atoms with Crippen molar-refractivity contribution in [3.8, 4) is 0 Å². The zero-order valence-electron chi connectivity index (χ0n) is 15.4. The summed E-state index contributed by atoms with van der Waals surface area (Å²) in [4.78, 5) is 32.8. The fourth-order valence-corrected chi connectivity index (χ4v) is 3.39. The molecule has 0 aliphatic rings. The number of primary amides is 1. The molecular formula is C16H17ClN6O6S. The molecule has 0 aromatic heterocycles. The van der Waals surface area contributed by atoms with Gasteiger partial charge in [0.2, 0.25) is 0 Å². The quantitative estimate of drug-likeness (QED) is 0.294. The monoisotopic (exact) mass is 456 g/mol. The Bertz CT molecular complexity index is 1080. The third-order valence-electron chi connectivity index (χ3n) is 3.65. The summed E-state index contributed by atoms with van der Waals surface area (Å²) >= 11 is 5.75. The first-order valence-electron chi connectivity index (χ1n) is 8.18. The van der Waals surface area contributed by atoms with Crippen LogP contribution in [-0.2, 0) is 14.8 Å². The Kier molecular flexibility index (Phi) is 7.02. The van der Waals surface area contributed by atoms with Crippen molar-refractivity contribution in [3.63, 3.8) is 0 Å². The van der Waals surface area contributed by atoms with E-state index in [0.29, 0.717) is 5.02 Å². The number of nitrogens with one attached hydrogen (secondary N) is 4. The molecule has 30 heavy (non-hydrogen) atoms. The largest absolute Gasteiger partial charge is 0.352 e. The lowest BCUT2D eigenvalue weighted by Gasteiger charge is -2.14. The molecule has 0 aliphatic heterocycles. The van der Waals surface area contributed by atoms with Crippen molar-refractivity contribution >= 4 is 50.6 Å². The molecule has 0 heterocycles. The fourth-order valence-electron chi connectivity index (χ4n) is 2.18. The van der Waals surface area contributed by atoms with Gasteiger partial charge in [-0.2, -0.15) is 0 Å². The van der Waals surface area contributed by atoms with Crippen molar-refractivity contribution in [3.05, 3.63) is 57.6 Å². The summed E-state index contributed by atoms with van der Waals surface area (Å²) in [6, 6.07) is 6.94. The van der Waals surface area contributed by atoms with Crippen molar-refractivity contribution in [2.45, 2.75) is 17.9 Å². The number of halogens is 1. The maximum absolute atomic E-state index is 12.5. The molecule has 6 N–H and O–H groups in total. The van der Waals surface area contributed by atoms with Crippen molar-refractivity contribution < 1.29 is 22.9 Å². The molecular weight excluding hydrogens is 440 g/mol. The average molecular weight is 457 g/mol. The van der Waals surface area contributed by atoms with Gasteiger partial charge in [-0.05, 0) is 43.3 Å². The second-order valence-corrected chi connectivity index (χ2v) is 8.01. The predicted molar refractivity (Wildman–Crippen MR) is 109 cm³/mol. The molecule has 2 aromatic rings. The summed E-state index contributed by atoms with van der Waals surface area (Å²) in [5.41, 5.74) is 8.83. The third-order valence-corrected chi connectivity index (χ3v) is 5.28. The maximum atomic E-state index is 12.5. The summed E-state index contributed by atoms with van der Waals surface area (Å²) in [5, 5.41) is 13.9. The molecule has 1 atom stereocenters. The normalized spacial score (nSPS) is 11.8. The summed E-state index contributed by atoms with van der Waals surface area (Å²) < 4.78 is 27.3. The Morgan fingerprint density at radius 3 is 2.37 bits per heavy atom. The van der Waals surface area contributed by atoms with Crippen molar-refractivity contribution in [2.75, 3.05) is 10.1 Å². The lowest BCUT2D eigenvalue weighted by Crippen LogP contribution is -2.48. The Balaban J connectivity index is 2.21. The van der Waals surface area contributed by atoms with Crippen LogP contribution in [-0.4, -0.2) is 31.3 Å². The van der Waals surface area contributed by atoms with E-state index in [-0.39, 0.29) is 16.3 Å². The number of carbonyl (C=O) groups is 2. The van der Waals surface area contributed by atoms with Crippen LogP contribution in [0.25, 0.3) is 0 Å². The van der Waals surface area contributed by atoms with Gasteiger partial charge in [0.15, 0.2) is 0 Å². The van der Waals surface area contributed by atoms with Gasteiger partial charge in [0.25, 0.3) is 21.6 Å². The van der Waals surface area contributed by atoms with Gasteiger partial charge in [-0.15, -0.1) is 0 Å². The number of urea groups is 1. The molecule has 0 aliphatic carbocycles. The molecule has 0 saturated carbocycles. The first kappa shape index (κ1) is 22.7. The number of carbonyl (C=O) groups excluding carboxylic acids is 2. The molecule has 160 valence electrons. The zero-order valence-corrected chi connectivity index (χ0v) is 17.0. The van der Waals surface area contributed by atoms with Gasteiger partial charge >= 0.3 is 6.03 Å². The predicted octanol–water partition coefficient (Wildman–Crippen LogP) is 1.55. The second kappa shape index (κ2) is 9.28. The molecule has 0 spiro atoms. The number of hydrogen-bond acceptors (Lipinski definition) is 7. The van der Waals surface area contributed by atoms with Gasteiger partial charge in [-0.1, -0.05) is 11.6 Å². The zero-order chi connectivity index (χ0) is 22.5. The topological polar surface area (TPSA) is 186 Å². The van der Waals surface area contributed by atoms with Crippen LogP contribution in [0.15, 0.2) is 47.4 Å². The van der Waals surface area contributed by atoms with Gasteiger partial charge < -0.3 is 11.1 Å².